The van der Waals surface area contributed by atoms with Gasteiger partial charge in [-0.1, -0.05) is 11.6 Å². The van der Waals surface area contributed by atoms with Gasteiger partial charge in [0.1, 0.15) is 10.8 Å². The highest BCUT2D eigenvalue weighted by atomic mass is 35.5. The zero-order valence-corrected chi connectivity index (χ0v) is 11.2. The molecule has 6 heteroatoms. The van der Waals surface area contributed by atoms with Crippen molar-refractivity contribution in [3.8, 4) is 0 Å². The average molecular weight is 269 g/mol. The van der Waals surface area contributed by atoms with Gasteiger partial charge < -0.3 is 10.2 Å². The molecule has 1 amide bonds. The van der Waals surface area contributed by atoms with Crippen LogP contribution in [-0.4, -0.2) is 47.5 Å². The maximum Gasteiger partial charge on any atom is 0.273 e. The van der Waals surface area contributed by atoms with E-state index in [-0.39, 0.29) is 5.91 Å². The molecule has 0 spiro atoms. The van der Waals surface area contributed by atoms with E-state index in [1.165, 1.54) is 12.4 Å². The van der Waals surface area contributed by atoms with Crippen molar-refractivity contribution in [1.29, 1.82) is 0 Å². The Morgan fingerprint density at radius 2 is 2.17 bits per heavy atom. The van der Waals surface area contributed by atoms with Gasteiger partial charge in [0.25, 0.3) is 5.91 Å². The van der Waals surface area contributed by atoms with Gasteiger partial charge in [0.05, 0.1) is 12.4 Å². The van der Waals surface area contributed by atoms with Gasteiger partial charge in [-0.05, 0) is 31.8 Å². The van der Waals surface area contributed by atoms with E-state index in [4.69, 9.17) is 11.6 Å². The van der Waals surface area contributed by atoms with E-state index in [9.17, 15) is 4.79 Å². The first kappa shape index (κ1) is 13.2. The molecule has 1 N–H and O–H groups in total. The first-order valence-corrected chi connectivity index (χ1v) is 6.48. The van der Waals surface area contributed by atoms with Crippen LogP contribution < -0.4 is 5.32 Å². The zero-order chi connectivity index (χ0) is 13.0. The van der Waals surface area contributed by atoms with Gasteiger partial charge in [0, 0.05) is 13.6 Å². The molecule has 1 fully saturated rings. The van der Waals surface area contributed by atoms with Crippen LogP contribution in [0.25, 0.3) is 0 Å². The van der Waals surface area contributed by atoms with Crippen molar-refractivity contribution >= 4 is 17.5 Å². The molecule has 18 heavy (non-hydrogen) atoms. The standard InChI is InChI=1S/C12H17ClN4O/c1-17(8-9-2-4-14-5-3-9)12(18)10-6-16-11(13)7-15-10/h6-7,9,14H,2-5,8H2,1H3. The summed E-state index contributed by atoms with van der Waals surface area (Å²) in [6.07, 6.45) is 5.05. The molecule has 0 aromatic carbocycles. The lowest BCUT2D eigenvalue weighted by atomic mass is 9.97. The van der Waals surface area contributed by atoms with Crippen molar-refractivity contribution in [3.63, 3.8) is 0 Å². The minimum Gasteiger partial charge on any atom is -0.340 e. The van der Waals surface area contributed by atoms with Crippen molar-refractivity contribution in [1.82, 2.24) is 20.2 Å². The Hall–Kier alpha value is -1.20. The van der Waals surface area contributed by atoms with Crippen LogP contribution in [-0.2, 0) is 0 Å². The first-order valence-electron chi connectivity index (χ1n) is 6.10. The molecule has 1 aromatic heterocycles. The lowest BCUT2D eigenvalue weighted by Gasteiger charge is -2.27. The first-order chi connectivity index (χ1) is 8.66. The monoisotopic (exact) mass is 268 g/mol. The fourth-order valence-electron chi connectivity index (χ4n) is 2.15. The largest absolute Gasteiger partial charge is 0.340 e. The minimum atomic E-state index is -0.0994. The summed E-state index contributed by atoms with van der Waals surface area (Å²) in [5.74, 6) is 0.471. The molecule has 98 valence electrons. The van der Waals surface area contributed by atoms with Crippen molar-refractivity contribution in [3.05, 3.63) is 23.2 Å². The van der Waals surface area contributed by atoms with Crippen molar-refractivity contribution in [2.45, 2.75) is 12.8 Å². The number of aromatic nitrogens is 2. The van der Waals surface area contributed by atoms with Crippen LogP contribution in [0.5, 0.6) is 0 Å². The number of hydrogen-bond acceptors (Lipinski definition) is 4. The van der Waals surface area contributed by atoms with E-state index in [0.717, 1.165) is 32.5 Å². The summed E-state index contributed by atoms with van der Waals surface area (Å²) < 4.78 is 0. The number of carbonyl (C=O) groups is 1. The van der Waals surface area contributed by atoms with E-state index in [1.54, 1.807) is 11.9 Å². The number of amides is 1. The molecular formula is C12H17ClN4O. The molecule has 1 aliphatic rings. The molecule has 2 rings (SSSR count). The van der Waals surface area contributed by atoms with Gasteiger partial charge in [-0.2, -0.15) is 0 Å². The Kier molecular flexibility index (Phi) is 4.49. The second-order valence-electron chi connectivity index (χ2n) is 4.60. The number of nitrogens with zero attached hydrogens (tertiary/aromatic N) is 3. The van der Waals surface area contributed by atoms with Crippen LogP contribution in [0, 0.1) is 5.92 Å². The highest BCUT2D eigenvalue weighted by Crippen LogP contribution is 2.14. The van der Waals surface area contributed by atoms with Crippen LogP contribution in [0.1, 0.15) is 23.3 Å². The highest BCUT2D eigenvalue weighted by molar-refractivity contribution is 6.29. The SMILES string of the molecule is CN(CC1CCNCC1)C(=O)c1cnc(Cl)cn1. The smallest absolute Gasteiger partial charge is 0.273 e. The fourth-order valence-corrected chi connectivity index (χ4v) is 2.25. The number of hydrogen-bond donors (Lipinski definition) is 1. The topological polar surface area (TPSA) is 58.1 Å². The predicted molar refractivity (Wildman–Crippen MR) is 69.6 cm³/mol. The van der Waals surface area contributed by atoms with Gasteiger partial charge in [0.15, 0.2) is 0 Å². The number of piperidine rings is 1. The molecular weight excluding hydrogens is 252 g/mol. The van der Waals surface area contributed by atoms with Crippen LogP contribution in [0.2, 0.25) is 5.15 Å². The number of carbonyl (C=O) groups excluding carboxylic acids is 1. The molecule has 0 aliphatic carbocycles. The molecule has 1 aliphatic heterocycles. The zero-order valence-electron chi connectivity index (χ0n) is 10.4. The second-order valence-corrected chi connectivity index (χ2v) is 4.99. The quantitative estimate of drug-likeness (QED) is 0.895. The van der Waals surface area contributed by atoms with Gasteiger partial charge in [-0.3, -0.25) is 4.79 Å². The lowest BCUT2D eigenvalue weighted by molar-refractivity contribution is 0.0756. The normalized spacial score (nSPS) is 16.6. The molecule has 0 bridgehead atoms. The third kappa shape index (κ3) is 3.40. The Balaban J connectivity index is 1.93. The summed E-state index contributed by atoms with van der Waals surface area (Å²) in [6, 6.07) is 0. The van der Waals surface area contributed by atoms with Crippen LogP contribution in [0.4, 0.5) is 0 Å². The molecule has 1 aromatic rings. The van der Waals surface area contributed by atoms with Gasteiger partial charge in [-0.15, -0.1) is 0 Å². The predicted octanol–water partition coefficient (Wildman–Crippen LogP) is 1.20. The van der Waals surface area contributed by atoms with E-state index in [1.807, 2.05) is 0 Å². The van der Waals surface area contributed by atoms with Crippen molar-refractivity contribution in [2.75, 3.05) is 26.7 Å². The molecule has 0 atom stereocenters. The van der Waals surface area contributed by atoms with Gasteiger partial charge in [0.2, 0.25) is 0 Å². The number of halogens is 1. The lowest BCUT2D eigenvalue weighted by Crippen LogP contribution is -2.37. The summed E-state index contributed by atoms with van der Waals surface area (Å²) in [7, 11) is 1.81. The van der Waals surface area contributed by atoms with Gasteiger partial charge in [-0.25, -0.2) is 9.97 Å². The summed E-state index contributed by atoms with van der Waals surface area (Å²) >= 11 is 5.65. The van der Waals surface area contributed by atoms with Crippen LogP contribution in [0.3, 0.4) is 0 Å². The van der Waals surface area contributed by atoms with E-state index in [0.29, 0.717) is 16.8 Å². The maximum absolute atomic E-state index is 12.1. The summed E-state index contributed by atoms with van der Waals surface area (Å²) in [5.41, 5.74) is 0.343. The minimum absolute atomic E-state index is 0.0994. The van der Waals surface area contributed by atoms with Crippen LogP contribution >= 0.6 is 11.6 Å². The molecule has 5 nitrogen and oxygen atoms in total. The van der Waals surface area contributed by atoms with Crippen LogP contribution in [0.15, 0.2) is 12.4 Å². The maximum atomic E-state index is 12.1. The molecule has 2 heterocycles. The van der Waals surface area contributed by atoms with E-state index in [2.05, 4.69) is 15.3 Å². The number of rotatable bonds is 3. The molecule has 0 radical (unpaired) electrons. The average Bonchev–Trinajstić information content (AvgIpc) is 2.40. The third-order valence-corrected chi connectivity index (χ3v) is 3.37. The summed E-state index contributed by atoms with van der Waals surface area (Å²) in [4.78, 5) is 21.7. The highest BCUT2D eigenvalue weighted by Gasteiger charge is 2.19. The van der Waals surface area contributed by atoms with E-state index >= 15 is 0 Å². The molecule has 0 unspecified atom stereocenters. The third-order valence-electron chi connectivity index (χ3n) is 3.18. The Morgan fingerprint density at radius 3 is 2.78 bits per heavy atom. The summed E-state index contributed by atoms with van der Waals surface area (Å²) in [5, 5.41) is 3.61. The Labute approximate surface area is 112 Å². The fraction of sp³-hybridized carbons (Fsp3) is 0.583. The van der Waals surface area contributed by atoms with E-state index < -0.39 is 0 Å². The molecule has 0 saturated carbocycles. The second kappa shape index (κ2) is 6.11. The summed E-state index contributed by atoms with van der Waals surface area (Å²) in [6.45, 7) is 2.84. The Morgan fingerprint density at radius 1 is 1.44 bits per heavy atom. The Bertz CT molecular complexity index is 403. The van der Waals surface area contributed by atoms with Crippen molar-refractivity contribution < 1.29 is 4.79 Å². The molecule has 1 saturated heterocycles. The van der Waals surface area contributed by atoms with Gasteiger partial charge >= 0.3 is 0 Å². The number of nitrogens with one attached hydrogen (secondary N) is 1. The van der Waals surface area contributed by atoms with Crippen molar-refractivity contribution in [2.24, 2.45) is 5.92 Å².